The summed E-state index contributed by atoms with van der Waals surface area (Å²) in [5.41, 5.74) is 2.80. The molecule has 2 N–H and O–H groups in total. The highest BCUT2D eigenvalue weighted by molar-refractivity contribution is 5.86. The molecule has 2 amide bonds. The molecule has 148 valence electrons. The monoisotopic (exact) mass is 388 g/mol. The number of benzene rings is 3. The highest BCUT2D eigenvalue weighted by atomic mass is 16.5. The molecule has 0 saturated carbocycles. The lowest BCUT2D eigenvalue weighted by Gasteiger charge is -2.20. The highest BCUT2D eigenvalue weighted by Gasteiger charge is 2.17. The molecule has 0 fully saturated rings. The van der Waals surface area contributed by atoms with Gasteiger partial charge in [-0.3, -0.25) is 9.59 Å². The van der Waals surface area contributed by atoms with Crippen LogP contribution in [-0.4, -0.2) is 25.5 Å². The first kappa shape index (κ1) is 20.1. The number of rotatable bonds is 8. The van der Waals surface area contributed by atoms with E-state index < -0.39 is 0 Å². The van der Waals surface area contributed by atoms with Crippen molar-refractivity contribution in [2.45, 2.75) is 12.5 Å². The SMILES string of the molecule is COc1ccc([C@@H](NC(=O)CNC(=O)Cc2ccccc2)c2ccccc2)cc1. The number of hydrogen-bond donors (Lipinski definition) is 2. The summed E-state index contributed by atoms with van der Waals surface area (Å²) in [5, 5.41) is 5.70. The third-order valence-electron chi connectivity index (χ3n) is 4.54. The second-order valence-corrected chi connectivity index (χ2v) is 6.62. The average Bonchev–Trinajstić information content (AvgIpc) is 2.77. The zero-order chi connectivity index (χ0) is 20.5. The molecule has 0 aliphatic heterocycles. The predicted molar refractivity (Wildman–Crippen MR) is 113 cm³/mol. The minimum absolute atomic E-state index is 0.0782. The first-order valence-corrected chi connectivity index (χ1v) is 9.44. The van der Waals surface area contributed by atoms with Crippen molar-refractivity contribution >= 4 is 11.8 Å². The molecule has 0 aliphatic rings. The van der Waals surface area contributed by atoms with Gasteiger partial charge < -0.3 is 15.4 Å². The van der Waals surface area contributed by atoms with Crippen molar-refractivity contribution in [3.63, 3.8) is 0 Å². The van der Waals surface area contributed by atoms with E-state index in [9.17, 15) is 9.59 Å². The number of methoxy groups -OCH3 is 1. The largest absolute Gasteiger partial charge is 0.497 e. The van der Waals surface area contributed by atoms with E-state index in [0.29, 0.717) is 0 Å². The summed E-state index contributed by atoms with van der Waals surface area (Å²) in [6, 6.07) is 26.4. The molecule has 0 aromatic heterocycles. The number of carbonyl (C=O) groups excluding carboxylic acids is 2. The Bertz CT molecular complexity index is 925. The Balaban J connectivity index is 1.64. The van der Waals surface area contributed by atoms with Crippen LogP contribution in [0, 0.1) is 0 Å². The van der Waals surface area contributed by atoms with E-state index >= 15 is 0 Å². The molecule has 3 rings (SSSR count). The molecule has 0 aliphatic carbocycles. The van der Waals surface area contributed by atoms with Gasteiger partial charge in [-0.1, -0.05) is 72.8 Å². The normalized spacial score (nSPS) is 11.3. The van der Waals surface area contributed by atoms with Crippen LogP contribution in [0.15, 0.2) is 84.9 Å². The molecule has 0 saturated heterocycles. The summed E-state index contributed by atoms with van der Waals surface area (Å²) in [7, 11) is 1.61. The van der Waals surface area contributed by atoms with E-state index in [4.69, 9.17) is 4.74 Å². The molecule has 3 aromatic carbocycles. The Morgan fingerprint density at radius 3 is 2.00 bits per heavy atom. The molecule has 3 aromatic rings. The topological polar surface area (TPSA) is 67.4 Å². The van der Waals surface area contributed by atoms with E-state index in [1.807, 2.05) is 84.9 Å². The van der Waals surface area contributed by atoms with Gasteiger partial charge in [0.25, 0.3) is 0 Å². The molecule has 0 bridgehead atoms. The zero-order valence-electron chi connectivity index (χ0n) is 16.3. The maximum Gasteiger partial charge on any atom is 0.240 e. The van der Waals surface area contributed by atoms with Crippen LogP contribution in [0.25, 0.3) is 0 Å². The van der Waals surface area contributed by atoms with Crippen LogP contribution in [0.3, 0.4) is 0 Å². The van der Waals surface area contributed by atoms with E-state index in [0.717, 1.165) is 22.4 Å². The zero-order valence-corrected chi connectivity index (χ0v) is 16.3. The third-order valence-corrected chi connectivity index (χ3v) is 4.54. The van der Waals surface area contributed by atoms with Gasteiger partial charge in [-0.05, 0) is 28.8 Å². The van der Waals surface area contributed by atoms with Gasteiger partial charge in [-0.2, -0.15) is 0 Å². The third kappa shape index (κ3) is 5.94. The van der Waals surface area contributed by atoms with Crippen LogP contribution < -0.4 is 15.4 Å². The summed E-state index contributed by atoms with van der Waals surface area (Å²) in [6.45, 7) is -0.0782. The van der Waals surface area contributed by atoms with E-state index in [1.54, 1.807) is 7.11 Å². The number of nitrogens with one attached hydrogen (secondary N) is 2. The Labute approximate surface area is 170 Å². The number of hydrogen-bond acceptors (Lipinski definition) is 3. The van der Waals surface area contributed by atoms with Crippen molar-refractivity contribution in [2.24, 2.45) is 0 Å². The summed E-state index contributed by atoms with van der Waals surface area (Å²) in [4.78, 5) is 24.6. The van der Waals surface area contributed by atoms with Gasteiger partial charge >= 0.3 is 0 Å². The van der Waals surface area contributed by atoms with Crippen LogP contribution in [0.2, 0.25) is 0 Å². The molecule has 5 heteroatoms. The van der Waals surface area contributed by atoms with Crippen molar-refractivity contribution in [1.82, 2.24) is 10.6 Å². The first-order valence-electron chi connectivity index (χ1n) is 9.44. The fourth-order valence-corrected chi connectivity index (χ4v) is 3.04. The van der Waals surface area contributed by atoms with Crippen molar-refractivity contribution in [3.8, 4) is 5.75 Å². The Morgan fingerprint density at radius 2 is 1.38 bits per heavy atom. The molecule has 5 nitrogen and oxygen atoms in total. The fourth-order valence-electron chi connectivity index (χ4n) is 3.04. The Hall–Kier alpha value is -3.60. The molecule has 0 unspecified atom stereocenters. The Kier molecular flexibility index (Phi) is 7.00. The number of ether oxygens (including phenoxy) is 1. The van der Waals surface area contributed by atoms with Gasteiger partial charge in [0.2, 0.25) is 11.8 Å². The molecule has 0 radical (unpaired) electrons. The standard InChI is InChI=1S/C24H24N2O3/c1-29-21-14-12-20(13-15-21)24(19-10-6-3-7-11-19)26-23(28)17-25-22(27)16-18-8-4-2-5-9-18/h2-15,24H,16-17H2,1H3,(H,25,27)(H,26,28)/t24-/m0/s1. The average molecular weight is 388 g/mol. The second-order valence-electron chi connectivity index (χ2n) is 6.62. The maximum atomic E-state index is 12.5. The van der Waals surface area contributed by atoms with Crippen LogP contribution in [-0.2, 0) is 16.0 Å². The second kappa shape index (κ2) is 10.1. The molecule has 0 heterocycles. The molecular weight excluding hydrogens is 364 g/mol. The van der Waals surface area contributed by atoms with E-state index in [2.05, 4.69) is 10.6 Å². The lowest BCUT2D eigenvalue weighted by molar-refractivity contribution is -0.126. The van der Waals surface area contributed by atoms with Gasteiger partial charge in [0.15, 0.2) is 0 Å². The van der Waals surface area contributed by atoms with Crippen LogP contribution >= 0.6 is 0 Å². The quantitative estimate of drug-likeness (QED) is 0.622. The van der Waals surface area contributed by atoms with Crippen molar-refractivity contribution in [1.29, 1.82) is 0 Å². The Morgan fingerprint density at radius 1 is 0.793 bits per heavy atom. The van der Waals surface area contributed by atoms with E-state index in [1.165, 1.54) is 0 Å². The van der Waals surface area contributed by atoms with Gasteiger partial charge in [0.05, 0.1) is 26.1 Å². The van der Waals surface area contributed by atoms with Crippen molar-refractivity contribution in [3.05, 3.63) is 102 Å². The lowest BCUT2D eigenvalue weighted by atomic mass is 9.98. The predicted octanol–water partition coefficient (Wildman–Crippen LogP) is 3.26. The lowest BCUT2D eigenvalue weighted by Crippen LogP contribution is -2.39. The highest BCUT2D eigenvalue weighted by Crippen LogP contribution is 2.24. The summed E-state index contributed by atoms with van der Waals surface area (Å²) in [6.07, 6.45) is 0.245. The fraction of sp³-hybridized carbons (Fsp3) is 0.167. The molecule has 1 atom stereocenters. The van der Waals surface area contributed by atoms with E-state index in [-0.39, 0.29) is 30.8 Å². The van der Waals surface area contributed by atoms with Gasteiger partial charge in [0, 0.05) is 0 Å². The van der Waals surface area contributed by atoms with Crippen molar-refractivity contribution < 1.29 is 14.3 Å². The molecule has 0 spiro atoms. The minimum Gasteiger partial charge on any atom is -0.497 e. The van der Waals surface area contributed by atoms with Crippen LogP contribution in [0.4, 0.5) is 0 Å². The maximum absolute atomic E-state index is 12.5. The summed E-state index contributed by atoms with van der Waals surface area (Å²) < 4.78 is 5.21. The minimum atomic E-state index is -0.319. The van der Waals surface area contributed by atoms with Gasteiger partial charge in [-0.15, -0.1) is 0 Å². The summed E-state index contributed by atoms with van der Waals surface area (Å²) >= 11 is 0. The number of carbonyl (C=O) groups is 2. The molecule has 29 heavy (non-hydrogen) atoms. The smallest absolute Gasteiger partial charge is 0.240 e. The van der Waals surface area contributed by atoms with Crippen molar-refractivity contribution in [2.75, 3.05) is 13.7 Å². The van der Waals surface area contributed by atoms with Crippen LogP contribution in [0.5, 0.6) is 5.75 Å². The number of amides is 2. The van der Waals surface area contributed by atoms with Gasteiger partial charge in [0.1, 0.15) is 5.75 Å². The summed E-state index contributed by atoms with van der Waals surface area (Å²) in [5.74, 6) is 0.309. The molecular formula is C24H24N2O3. The van der Waals surface area contributed by atoms with Crippen LogP contribution in [0.1, 0.15) is 22.7 Å². The first-order chi connectivity index (χ1) is 14.2. The van der Waals surface area contributed by atoms with Gasteiger partial charge in [-0.25, -0.2) is 0 Å².